The average molecular weight is 320 g/mol. The maximum atomic E-state index is 12.1. The quantitative estimate of drug-likeness (QED) is 0.606. The molecular weight excluding hydrogens is 304 g/mol. The van der Waals surface area contributed by atoms with Gasteiger partial charge in [0, 0.05) is 34.8 Å². The zero-order chi connectivity index (χ0) is 16.7. The summed E-state index contributed by atoms with van der Waals surface area (Å²) in [6, 6.07) is 9.15. The van der Waals surface area contributed by atoms with Crippen LogP contribution in [0.2, 0.25) is 0 Å². The smallest absolute Gasteiger partial charge is 0.252 e. The van der Waals surface area contributed by atoms with Crippen LogP contribution in [-0.4, -0.2) is 24.7 Å². The molecule has 0 saturated carbocycles. The summed E-state index contributed by atoms with van der Waals surface area (Å²) >= 11 is 0. The Hall–Kier alpha value is -3.22. The maximum absolute atomic E-state index is 12.1. The Bertz CT molecular complexity index is 1100. The van der Waals surface area contributed by atoms with Crippen LogP contribution in [0.25, 0.3) is 21.9 Å². The second-order valence-corrected chi connectivity index (χ2v) is 5.90. The molecule has 0 saturated heterocycles. The third-order valence-electron chi connectivity index (χ3n) is 3.88. The van der Waals surface area contributed by atoms with Crippen molar-refractivity contribution in [1.82, 2.24) is 24.7 Å². The van der Waals surface area contributed by atoms with Crippen LogP contribution >= 0.6 is 0 Å². The summed E-state index contributed by atoms with van der Waals surface area (Å²) in [5.41, 5.74) is 2.33. The van der Waals surface area contributed by atoms with Gasteiger partial charge in [0.2, 0.25) is 5.95 Å². The van der Waals surface area contributed by atoms with Gasteiger partial charge in [0.15, 0.2) is 0 Å². The van der Waals surface area contributed by atoms with Gasteiger partial charge in [0.05, 0.1) is 11.7 Å². The molecule has 0 atom stereocenters. The largest absolute Gasteiger partial charge is 0.324 e. The van der Waals surface area contributed by atoms with Gasteiger partial charge in [0.1, 0.15) is 5.65 Å². The van der Waals surface area contributed by atoms with Gasteiger partial charge >= 0.3 is 0 Å². The fourth-order valence-electron chi connectivity index (χ4n) is 2.74. The molecule has 0 aliphatic heterocycles. The minimum atomic E-state index is -0.0685. The van der Waals surface area contributed by atoms with Gasteiger partial charge in [-0.2, -0.15) is 10.1 Å². The standard InChI is InChI=1S/C17H16N6O/c1-10(2)23-15(24)6-4-12-8-18-17(21-16(12)23)20-13-5-3-11-9-19-22-14(11)7-13/h3-10H,1-2H3,(H,19,22)(H,18,20,21). The van der Waals surface area contributed by atoms with Gasteiger partial charge in [-0.25, -0.2) is 4.98 Å². The van der Waals surface area contributed by atoms with Crippen molar-refractivity contribution in [2.24, 2.45) is 0 Å². The zero-order valence-corrected chi connectivity index (χ0v) is 13.3. The lowest BCUT2D eigenvalue weighted by atomic mass is 10.2. The van der Waals surface area contributed by atoms with Crippen molar-refractivity contribution in [1.29, 1.82) is 0 Å². The van der Waals surface area contributed by atoms with Crippen LogP contribution in [-0.2, 0) is 0 Å². The van der Waals surface area contributed by atoms with Crippen molar-refractivity contribution < 1.29 is 0 Å². The van der Waals surface area contributed by atoms with Crippen molar-refractivity contribution in [3.63, 3.8) is 0 Å². The van der Waals surface area contributed by atoms with E-state index in [-0.39, 0.29) is 11.6 Å². The molecule has 7 nitrogen and oxygen atoms in total. The molecule has 2 N–H and O–H groups in total. The highest BCUT2D eigenvalue weighted by Gasteiger charge is 2.10. The highest BCUT2D eigenvalue weighted by atomic mass is 16.1. The molecule has 0 radical (unpaired) electrons. The molecule has 0 fully saturated rings. The SMILES string of the molecule is CC(C)n1c(=O)ccc2cnc(Nc3ccc4cn[nH]c4c3)nc21. The molecule has 3 aromatic heterocycles. The first kappa shape index (κ1) is 14.4. The Morgan fingerprint density at radius 2 is 1.96 bits per heavy atom. The summed E-state index contributed by atoms with van der Waals surface area (Å²) in [4.78, 5) is 21.0. The molecule has 3 heterocycles. The molecule has 0 unspecified atom stereocenters. The fraction of sp³-hybridized carbons (Fsp3) is 0.176. The predicted octanol–water partition coefficient (Wildman–Crippen LogP) is 2.99. The summed E-state index contributed by atoms with van der Waals surface area (Å²) in [6.07, 6.45) is 3.49. The lowest BCUT2D eigenvalue weighted by Crippen LogP contribution is -2.22. The fourth-order valence-corrected chi connectivity index (χ4v) is 2.74. The number of aromatic nitrogens is 5. The topological polar surface area (TPSA) is 88.5 Å². The van der Waals surface area contributed by atoms with Crippen LogP contribution in [0.15, 0.2) is 47.5 Å². The third kappa shape index (κ3) is 2.40. The number of rotatable bonds is 3. The first-order chi connectivity index (χ1) is 11.6. The Morgan fingerprint density at radius 3 is 2.79 bits per heavy atom. The van der Waals surface area contributed by atoms with E-state index in [1.54, 1.807) is 29.1 Å². The van der Waals surface area contributed by atoms with Gasteiger partial charge in [-0.05, 0) is 38.1 Å². The number of hydrogen-bond acceptors (Lipinski definition) is 5. The molecule has 1 aromatic carbocycles. The number of nitrogens with one attached hydrogen (secondary N) is 2. The van der Waals surface area contributed by atoms with Crippen LogP contribution in [0, 0.1) is 0 Å². The summed E-state index contributed by atoms with van der Waals surface area (Å²) in [7, 11) is 0. The summed E-state index contributed by atoms with van der Waals surface area (Å²) in [5.74, 6) is 0.446. The van der Waals surface area contributed by atoms with E-state index in [1.807, 2.05) is 32.0 Å². The van der Waals surface area contributed by atoms with E-state index >= 15 is 0 Å². The molecule has 0 amide bonds. The van der Waals surface area contributed by atoms with E-state index in [2.05, 4.69) is 25.5 Å². The number of anilines is 2. The summed E-state index contributed by atoms with van der Waals surface area (Å²) < 4.78 is 1.67. The number of aromatic amines is 1. The number of fused-ring (bicyclic) bond motifs is 2. The Balaban J connectivity index is 1.79. The average Bonchev–Trinajstić information content (AvgIpc) is 3.02. The molecule has 24 heavy (non-hydrogen) atoms. The molecule has 7 heteroatoms. The highest BCUT2D eigenvalue weighted by Crippen LogP contribution is 2.20. The lowest BCUT2D eigenvalue weighted by Gasteiger charge is -2.13. The molecule has 120 valence electrons. The monoisotopic (exact) mass is 320 g/mol. The minimum absolute atomic E-state index is 0.0188. The normalized spacial score (nSPS) is 11.5. The summed E-state index contributed by atoms with van der Waals surface area (Å²) in [5, 5.41) is 12.0. The molecule has 0 spiro atoms. The van der Waals surface area contributed by atoms with E-state index in [0.29, 0.717) is 11.6 Å². The number of hydrogen-bond donors (Lipinski definition) is 2. The first-order valence-corrected chi connectivity index (χ1v) is 7.70. The Labute approximate surface area is 137 Å². The van der Waals surface area contributed by atoms with Gasteiger partial charge in [-0.1, -0.05) is 0 Å². The predicted molar refractivity (Wildman–Crippen MR) is 93.6 cm³/mol. The number of benzene rings is 1. The van der Waals surface area contributed by atoms with Crippen molar-refractivity contribution in [3.05, 3.63) is 53.1 Å². The van der Waals surface area contributed by atoms with Crippen LogP contribution in [0.4, 0.5) is 11.6 Å². The van der Waals surface area contributed by atoms with Crippen LogP contribution in [0.3, 0.4) is 0 Å². The molecule has 0 aliphatic rings. The molecule has 4 rings (SSSR count). The van der Waals surface area contributed by atoms with Crippen molar-refractivity contribution in [2.75, 3.05) is 5.32 Å². The minimum Gasteiger partial charge on any atom is -0.324 e. The van der Waals surface area contributed by atoms with Gasteiger partial charge in [-0.3, -0.25) is 14.5 Å². The second kappa shape index (κ2) is 5.45. The second-order valence-electron chi connectivity index (χ2n) is 5.90. The van der Waals surface area contributed by atoms with E-state index < -0.39 is 0 Å². The maximum Gasteiger partial charge on any atom is 0.252 e. The van der Waals surface area contributed by atoms with Crippen LogP contribution in [0.1, 0.15) is 19.9 Å². The molecule has 0 bridgehead atoms. The number of pyridine rings is 1. The highest BCUT2D eigenvalue weighted by molar-refractivity contribution is 5.82. The van der Waals surface area contributed by atoms with Gasteiger partial charge < -0.3 is 5.32 Å². The van der Waals surface area contributed by atoms with E-state index in [1.165, 1.54) is 0 Å². The Morgan fingerprint density at radius 1 is 1.12 bits per heavy atom. The molecule has 0 aliphatic carbocycles. The zero-order valence-electron chi connectivity index (χ0n) is 13.3. The van der Waals surface area contributed by atoms with Crippen molar-refractivity contribution >= 4 is 33.6 Å². The van der Waals surface area contributed by atoms with Crippen LogP contribution in [0.5, 0.6) is 0 Å². The molecule has 4 aromatic rings. The van der Waals surface area contributed by atoms with E-state index in [4.69, 9.17) is 0 Å². The van der Waals surface area contributed by atoms with Crippen molar-refractivity contribution in [2.45, 2.75) is 19.9 Å². The number of H-pyrrole nitrogens is 1. The van der Waals surface area contributed by atoms with Gasteiger partial charge in [0.25, 0.3) is 5.56 Å². The van der Waals surface area contributed by atoms with E-state index in [0.717, 1.165) is 22.0 Å². The number of nitrogens with zero attached hydrogens (tertiary/aromatic N) is 4. The lowest BCUT2D eigenvalue weighted by molar-refractivity contribution is 0.595. The first-order valence-electron chi connectivity index (χ1n) is 7.70. The van der Waals surface area contributed by atoms with Crippen molar-refractivity contribution in [3.8, 4) is 0 Å². The van der Waals surface area contributed by atoms with Crippen LogP contribution < -0.4 is 10.9 Å². The molecular formula is C17H16N6O. The Kier molecular flexibility index (Phi) is 3.26. The van der Waals surface area contributed by atoms with E-state index in [9.17, 15) is 4.79 Å². The van der Waals surface area contributed by atoms with Gasteiger partial charge in [-0.15, -0.1) is 0 Å². The summed E-state index contributed by atoms with van der Waals surface area (Å²) in [6.45, 7) is 3.92. The third-order valence-corrected chi connectivity index (χ3v) is 3.88.